The van der Waals surface area contributed by atoms with Crippen molar-refractivity contribution >= 4 is 11.6 Å². The summed E-state index contributed by atoms with van der Waals surface area (Å²) in [6.07, 6.45) is 1.78. The van der Waals surface area contributed by atoms with Crippen LogP contribution in [0.25, 0.3) is 11.6 Å². The summed E-state index contributed by atoms with van der Waals surface area (Å²) in [4.78, 5) is 0. The number of nitrogens with zero attached hydrogens (tertiary/aromatic N) is 2. The van der Waals surface area contributed by atoms with Gasteiger partial charge in [0, 0.05) is 5.56 Å². The van der Waals surface area contributed by atoms with Gasteiger partial charge in [0.2, 0.25) is 0 Å². The molecule has 0 bridgehead atoms. The summed E-state index contributed by atoms with van der Waals surface area (Å²) in [5, 5.41) is 18.1. The van der Waals surface area contributed by atoms with Gasteiger partial charge in [-0.15, -0.1) is 0 Å². The molecule has 3 nitrogen and oxygen atoms in total. The number of hydrogen-bond donors (Lipinski definition) is 0. The van der Waals surface area contributed by atoms with E-state index in [4.69, 9.17) is 10.00 Å². The lowest BCUT2D eigenvalue weighted by molar-refractivity contribution is 0.414. The minimum atomic E-state index is 0.527. The molecule has 0 unspecified atom stereocenters. The van der Waals surface area contributed by atoms with Gasteiger partial charge in [0.05, 0.1) is 30.4 Å². The van der Waals surface area contributed by atoms with Crippen LogP contribution in [0.3, 0.4) is 0 Å². The zero-order valence-corrected chi connectivity index (χ0v) is 11.0. The van der Waals surface area contributed by atoms with Crippen molar-refractivity contribution < 1.29 is 4.74 Å². The van der Waals surface area contributed by atoms with Gasteiger partial charge in [0.25, 0.3) is 0 Å². The first-order valence-corrected chi connectivity index (χ1v) is 6.04. The van der Waals surface area contributed by atoms with E-state index in [9.17, 15) is 5.26 Å². The molecule has 0 radical (unpaired) electrons. The molecule has 0 aliphatic rings. The molecular formula is C17H12N2O. The van der Waals surface area contributed by atoms with E-state index >= 15 is 0 Å². The van der Waals surface area contributed by atoms with Crippen molar-refractivity contribution in [1.82, 2.24) is 0 Å². The average Bonchev–Trinajstić information content (AvgIpc) is 2.53. The molecule has 0 aromatic heterocycles. The second-order valence-electron chi connectivity index (χ2n) is 4.10. The fourth-order valence-corrected chi connectivity index (χ4v) is 1.85. The van der Waals surface area contributed by atoms with Gasteiger partial charge in [-0.05, 0) is 29.8 Å². The maximum atomic E-state index is 9.31. The van der Waals surface area contributed by atoms with Crippen LogP contribution in [0.2, 0.25) is 0 Å². The Morgan fingerprint density at radius 1 is 1.05 bits per heavy atom. The molecule has 2 aromatic rings. The second kappa shape index (κ2) is 6.22. The lowest BCUT2D eigenvalue weighted by atomic mass is 10.0. The van der Waals surface area contributed by atoms with Crippen LogP contribution < -0.4 is 4.74 Å². The highest BCUT2D eigenvalue weighted by Gasteiger charge is 2.04. The van der Waals surface area contributed by atoms with Gasteiger partial charge in [-0.2, -0.15) is 10.5 Å². The number of para-hydroxylation sites is 1. The van der Waals surface area contributed by atoms with E-state index in [-0.39, 0.29) is 0 Å². The molecule has 0 N–H and O–H groups in total. The third kappa shape index (κ3) is 2.85. The van der Waals surface area contributed by atoms with Crippen LogP contribution in [-0.4, -0.2) is 7.11 Å². The molecule has 0 saturated heterocycles. The Bertz CT molecular complexity index is 716. The number of rotatable bonds is 3. The van der Waals surface area contributed by atoms with Gasteiger partial charge in [-0.25, -0.2) is 0 Å². The van der Waals surface area contributed by atoms with Crippen molar-refractivity contribution in [2.45, 2.75) is 0 Å². The van der Waals surface area contributed by atoms with Crippen molar-refractivity contribution in [2.24, 2.45) is 0 Å². The third-order valence-electron chi connectivity index (χ3n) is 2.88. The van der Waals surface area contributed by atoms with Crippen LogP contribution in [0.4, 0.5) is 0 Å². The van der Waals surface area contributed by atoms with E-state index in [1.807, 2.05) is 24.3 Å². The Hall–Kier alpha value is -3.04. The minimum Gasteiger partial charge on any atom is -0.496 e. The Morgan fingerprint density at radius 3 is 2.35 bits per heavy atom. The molecule has 0 aliphatic heterocycles. The van der Waals surface area contributed by atoms with Gasteiger partial charge in [-0.3, -0.25) is 0 Å². The van der Waals surface area contributed by atoms with Crippen molar-refractivity contribution in [3.8, 4) is 17.9 Å². The minimum absolute atomic E-state index is 0.527. The Morgan fingerprint density at radius 2 is 1.75 bits per heavy atom. The number of ether oxygens (including phenoxy) is 1. The van der Waals surface area contributed by atoms with Crippen LogP contribution in [-0.2, 0) is 0 Å². The highest BCUT2D eigenvalue weighted by Crippen LogP contribution is 2.24. The summed E-state index contributed by atoms with van der Waals surface area (Å²) < 4.78 is 5.27. The number of benzene rings is 2. The van der Waals surface area contributed by atoms with E-state index in [0.717, 1.165) is 11.1 Å². The second-order valence-corrected chi connectivity index (χ2v) is 4.10. The van der Waals surface area contributed by atoms with Crippen molar-refractivity contribution in [3.05, 3.63) is 65.2 Å². The fraction of sp³-hybridized carbons (Fsp3) is 0.0588. The van der Waals surface area contributed by atoms with Gasteiger partial charge < -0.3 is 4.74 Å². The predicted molar refractivity (Wildman–Crippen MR) is 77.6 cm³/mol. The Kier molecular flexibility index (Phi) is 4.17. The van der Waals surface area contributed by atoms with Crippen LogP contribution in [0.5, 0.6) is 5.75 Å². The molecule has 2 rings (SSSR count). The predicted octanol–water partition coefficient (Wildman–Crippen LogP) is 3.63. The average molecular weight is 260 g/mol. The molecular weight excluding hydrogens is 248 g/mol. The van der Waals surface area contributed by atoms with E-state index in [1.165, 1.54) is 0 Å². The lowest BCUT2D eigenvalue weighted by Crippen LogP contribution is -1.88. The number of nitriles is 2. The van der Waals surface area contributed by atoms with E-state index in [1.54, 1.807) is 37.5 Å². The van der Waals surface area contributed by atoms with E-state index < -0.39 is 0 Å². The van der Waals surface area contributed by atoms with E-state index in [2.05, 4.69) is 12.1 Å². The standard InChI is InChI=1S/C17H12N2O/c1-20-17-5-3-2-4-15(17)10-16(12-19)14-8-6-13(11-18)7-9-14/h2-10H,1H3. The van der Waals surface area contributed by atoms with Crippen molar-refractivity contribution in [2.75, 3.05) is 7.11 Å². The maximum absolute atomic E-state index is 9.31. The van der Waals surface area contributed by atoms with Gasteiger partial charge >= 0.3 is 0 Å². The highest BCUT2D eigenvalue weighted by molar-refractivity contribution is 5.90. The normalized spacial score (nSPS) is 10.4. The molecule has 0 aliphatic carbocycles. The number of hydrogen-bond acceptors (Lipinski definition) is 3. The zero-order chi connectivity index (χ0) is 14.4. The molecule has 0 heterocycles. The lowest BCUT2D eigenvalue weighted by Gasteiger charge is -2.05. The first-order valence-electron chi connectivity index (χ1n) is 6.04. The molecule has 0 atom stereocenters. The molecule has 0 saturated carbocycles. The van der Waals surface area contributed by atoms with Crippen LogP contribution in [0.15, 0.2) is 48.5 Å². The largest absolute Gasteiger partial charge is 0.496 e. The number of methoxy groups -OCH3 is 1. The Balaban J connectivity index is 2.44. The summed E-state index contributed by atoms with van der Waals surface area (Å²) in [6, 6.07) is 18.7. The highest BCUT2D eigenvalue weighted by atomic mass is 16.5. The van der Waals surface area contributed by atoms with Gasteiger partial charge in [0.1, 0.15) is 5.75 Å². The first kappa shape index (κ1) is 13.4. The molecule has 3 heteroatoms. The molecule has 0 fully saturated rings. The molecule has 96 valence electrons. The maximum Gasteiger partial charge on any atom is 0.126 e. The smallest absolute Gasteiger partial charge is 0.126 e. The SMILES string of the molecule is COc1ccccc1C=C(C#N)c1ccc(C#N)cc1. The fourth-order valence-electron chi connectivity index (χ4n) is 1.85. The molecule has 2 aromatic carbocycles. The van der Waals surface area contributed by atoms with Crippen molar-refractivity contribution in [3.63, 3.8) is 0 Å². The van der Waals surface area contributed by atoms with Gasteiger partial charge in [-0.1, -0.05) is 30.3 Å². The number of allylic oxidation sites excluding steroid dienone is 1. The molecule has 0 amide bonds. The Labute approximate surface area is 118 Å². The third-order valence-corrected chi connectivity index (χ3v) is 2.88. The summed E-state index contributed by atoms with van der Waals surface area (Å²) in [5.74, 6) is 0.717. The quantitative estimate of drug-likeness (QED) is 0.625. The summed E-state index contributed by atoms with van der Waals surface area (Å²) in [7, 11) is 1.60. The topological polar surface area (TPSA) is 56.8 Å². The van der Waals surface area contributed by atoms with Gasteiger partial charge in [0.15, 0.2) is 0 Å². The summed E-state index contributed by atoms with van der Waals surface area (Å²) >= 11 is 0. The zero-order valence-electron chi connectivity index (χ0n) is 11.0. The van der Waals surface area contributed by atoms with Crippen LogP contribution >= 0.6 is 0 Å². The van der Waals surface area contributed by atoms with E-state index in [0.29, 0.717) is 16.9 Å². The molecule has 0 spiro atoms. The monoisotopic (exact) mass is 260 g/mol. The first-order chi connectivity index (χ1) is 9.78. The van der Waals surface area contributed by atoms with Crippen LogP contribution in [0, 0.1) is 22.7 Å². The van der Waals surface area contributed by atoms with Crippen LogP contribution in [0.1, 0.15) is 16.7 Å². The van der Waals surface area contributed by atoms with Crippen molar-refractivity contribution in [1.29, 1.82) is 10.5 Å². The molecule has 20 heavy (non-hydrogen) atoms. The summed E-state index contributed by atoms with van der Waals surface area (Å²) in [6.45, 7) is 0. The summed E-state index contributed by atoms with van der Waals surface area (Å²) in [5.41, 5.74) is 2.72.